The van der Waals surface area contributed by atoms with Crippen LogP contribution in [0.5, 0.6) is 0 Å². The van der Waals surface area contributed by atoms with Crippen LogP contribution in [0.2, 0.25) is 0 Å². The summed E-state index contributed by atoms with van der Waals surface area (Å²) >= 11 is 0. The molecule has 0 unspecified atom stereocenters. The van der Waals surface area contributed by atoms with Crippen molar-refractivity contribution in [3.05, 3.63) is 35.9 Å². The second-order valence-corrected chi connectivity index (χ2v) is 7.95. The molecule has 9 nitrogen and oxygen atoms in total. The van der Waals surface area contributed by atoms with E-state index in [0.717, 1.165) is 4.31 Å². The minimum absolute atomic E-state index is 0.156. The highest BCUT2D eigenvalue weighted by Crippen LogP contribution is 2.11. The first-order valence-corrected chi connectivity index (χ1v) is 10.1. The van der Waals surface area contributed by atoms with Crippen LogP contribution in [-0.4, -0.2) is 56.6 Å². The van der Waals surface area contributed by atoms with Gasteiger partial charge in [-0.2, -0.15) is 4.31 Å². The van der Waals surface area contributed by atoms with E-state index in [1.807, 2.05) is 0 Å². The zero-order chi connectivity index (χ0) is 20.4. The van der Waals surface area contributed by atoms with Crippen LogP contribution >= 0.6 is 0 Å². The Bertz CT molecular complexity index is 752. The van der Waals surface area contributed by atoms with E-state index in [9.17, 15) is 22.8 Å². The van der Waals surface area contributed by atoms with E-state index in [0.29, 0.717) is 12.0 Å². The van der Waals surface area contributed by atoms with Gasteiger partial charge in [-0.15, -0.1) is 0 Å². The molecule has 0 bridgehead atoms. The maximum Gasteiger partial charge on any atom is 0.242 e. The predicted molar refractivity (Wildman–Crippen MR) is 101 cm³/mol. The Kier molecular flexibility index (Phi) is 8.89. The molecular weight excluding hydrogens is 372 g/mol. The lowest BCUT2D eigenvalue weighted by Gasteiger charge is -2.23. The first kappa shape index (κ1) is 22.6. The van der Waals surface area contributed by atoms with Crippen molar-refractivity contribution in [3.63, 3.8) is 0 Å². The Morgan fingerprint density at radius 3 is 2.33 bits per heavy atom. The summed E-state index contributed by atoms with van der Waals surface area (Å²) in [5, 5.41) is 4.69. The fraction of sp³-hybridized carbons (Fsp3) is 0.471. The predicted octanol–water partition coefficient (Wildman–Crippen LogP) is -0.665. The summed E-state index contributed by atoms with van der Waals surface area (Å²) in [7, 11) is -2.38. The molecule has 0 aliphatic rings. The lowest BCUT2D eigenvalue weighted by molar-refractivity contribution is -0.131. The van der Waals surface area contributed by atoms with Crippen molar-refractivity contribution in [3.8, 4) is 0 Å². The highest BCUT2D eigenvalue weighted by Gasteiger charge is 2.27. The number of amides is 3. The van der Waals surface area contributed by atoms with Gasteiger partial charge < -0.3 is 16.4 Å². The van der Waals surface area contributed by atoms with Crippen LogP contribution in [-0.2, 0) is 30.2 Å². The number of carbonyl (C=O) groups is 3. The minimum atomic E-state index is -3.74. The monoisotopic (exact) mass is 398 g/mol. The number of nitrogens with zero attached hydrogens (tertiary/aromatic N) is 1. The summed E-state index contributed by atoms with van der Waals surface area (Å²) in [4.78, 5) is 35.1. The lowest BCUT2D eigenvalue weighted by atomic mass is 10.2. The molecule has 1 aromatic carbocycles. The Balaban J connectivity index is 2.86. The van der Waals surface area contributed by atoms with Crippen LogP contribution in [0.1, 0.15) is 25.3 Å². The standard InChI is InChI=1S/C17H26N4O5S/c1-3-9-21(27(25,26)12-13-7-5-4-6-8-13)11-16(23)20-14(10-15(18)22)17(24)19-2/h4-8,14H,3,9-12H2,1-2H3,(H2,18,22)(H,19,24)(H,20,23)/t14-/m0/s1. The summed E-state index contributed by atoms with van der Waals surface area (Å²) < 4.78 is 26.4. The smallest absolute Gasteiger partial charge is 0.242 e. The number of likely N-dealkylation sites (N-methyl/N-ethyl adjacent to an activating group) is 1. The van der Waals surface area contributed by atoms with E-state index in [4.69, 9.17) is 5.73 Å². The van der Waals surface area contributed by atoms with Gasteiger partial charge in [0.15, 0.2) is 0 Å². The van der Waals surface area contributed by atoms with Crippen molar-refractivity contribution in [2.45, 2.75) is 31.6 Å². The number of carbonyl (C=O) groups excluding carboxylic acids is 3. The maximum atomic E-state index is 12.7. The molecular formula is C17H26N4O5S. The molecule has 0 saturated carbocycles. The van der Waals surface area contributed by atoms with Crippen LogP contribution in [0.4, 0.5) is 0 Å². The highest BCUT2D eigenvalue weighted by atomic mass is 32.2. The molecule has 0 aromatic heterocycles. The summed E-state index contributed by atoms with van der Waals surface area (Å²) in [6.07, 6.45) is 0.136. The van der Waals surface area contributed by atoms with Gasteiger partial charge in [-0.1, -0.05) is 37.3 Å². The topological polar surface area (TPSA) is 139 Å². The van der Waals surface area contributed by atoms with Crippen LogP contribution in [0.3, 0.4) is 0 Å². The number of hydrogen-bond donors (Lipinski definition) is 3. The van der Waals surface area contributed by atoms with Crippen molar-refractivity contribution in [1.29, 1.82) is 0 Å². The highest BCUT2D eigenvalue weighted by molar-refractivity contribution is 7.88. The molecule has 0 heterocycles. The first-order valence-electron chi connectivity index (χ1n) is 8.50. The number of nitrogens with two attached hydrogens (primary N) is 1. The maximum absolute atomic E-state index is 12.7. The second-order valence-electron chi connectivity index (χ2n) is 5.98. The Hall–Kier alpha value is -2.46. The van der Waals surface area contributed by atoms with E-state index in [1.54, 1.807) is 37.3 Å². The minimum Gasteiger partial charge on any atom is -0.370 e. The zero-order valence-corrected chi connectivity index (χ0v) is 16.3. The van der Waals surface area contributed by atoms with Crippen molar-refractivity contribution >= 4 is 27.7 Å². The van der Waals surface area contributed by atoms with E-state index in [2.05, 4.69) is 10.6 Å². The van der Waals surface area contributed by atoms with Gasteiger partial charge in [0.2, 0.25) is 27.7 Å². The zero-order valence-electron chi connectivity index (χ0n) is 15.5. The summed E-state index contributed by atoms with van der Waals surface area (Å²) in [6, 6.07) is 7.48. The lowest BCUT2D eigenvalue weighted by Crippen LogP contribution is -2.51. The largest absolute Gasteiger partial charge is 0.370 e. The molecule has 3 amide bonds. The number of benzene rings is 1. The third kappa shape index (κ3) is 7.75. The van der Waals surface area contributed by atoms with Gasteiger partial charge >= 0.3 is 0 Å². The molecule has 0 radical (unpaired) electrons. The number of sulfonamides is 1. The molecule has 27 heavy (non-hydrogen) atoms. The molecule has 1 aromatic rings. The van der Waals surface area contributed by atoms with Gasteiger partial charge in [0.1, 0.15) is 6.04 Å². The molecule has 0 aliphatic heterocycles. The molecule has 150 valence electrons. The molecule has 10 heteroatoms. The van der Waals surface area contributed by atoms with Crippen molar-refractivity contribution < 1.29 is 22.8 Å². The fourth-order valence-corrected chi connectivity index (χ4v) is 4.00. The Morgan fingerprint density at radius 2 is 1.81 bits per heavy atom. The van der Waals surface area contributed by atoms with Crippen LogP contribution < -0.4 is 16.4 Å². The molecule has 1 atom stereocenters. The molecule has 1 rings (SSSR count). The first-order chi connectivity index (χ1) is 12.7. The molecule has 4 N–H and O–H groups in total. The Morgan fingerprint density at radius 1 is 1.19 bits per heavy atom. The molecule has 0 spiro atoms. The van der Waals surface area contributed by atoms with Gasteiger partial charge in [0.05, 0.1) is 18.7 Å². The van der Waals surface area contributed by atoms with Crippen LogP contribution in [0.15, 0.2) is 30.3 Å². The summed E-state index contributed by atoms with van der Waals surface area (Å²) in [6.45, 7) is 1.50. The Labute approximate surface area is 159 Å². The average molecular weight is 398 g/mol. The summed E-state index contributed by atoms with van der Waals surface area (Å²) in [5.41, 5.74) is 5.70. The number of hydrogen-bond acceptors (Lipinski definition) is 5. The van der Waals surface area contributed by atoms with Gasteiger partial charge in [0, 0.05) is 13.6 Å². The molecule has 0 aliphatic carbocycles. The van der Waals surface area contributed by atoms with Crippen molar-refractivity contribution in [2.24, 2.45) is 5.73 Å². The van der Waals surface area contributed by atoms with Crippen molar-refractivity contribution in [1.82, 2.24) is 14.9 Å². The van der Waals surface area contributed by atoms with Gasteiger partial charge in [-0.3, -0.25) is 14.4 Å². The van der Waals surface area contributed by atoms with E-state index in [-0.39, 0.29) is 18.7 Å². The van der Waals surface area contributed by atoms with Gasteiger partial charge in [-0.25, -0.2) is 8.42 Å². The third-order valence-electron chi connectivity index (χ3n) is 3.68. The van der Waals surface area contributed by atoms with Crippen LogP contribution in [0, 0.1) is 0 Å². The molecule has 0 saturated heterocycles. The summed E-state index contributed by atoms with van der Waals surface area (Å²) in [5.74, 6) is -2.27. The number of nitrogens with one attached hydrogen (secondary N) is 2. The van der Waals surface area contributed by atoms with Crippen LogP contribution in [0.25, 0.3) is 0 Å². The average Bonchev–Trinajstić information content (AvgIpc) is 2.60. The van der Waals surface area contributed by atoms with E-state index in [1.165, 1.54) is 7.05 Å². The fourth-order valence-electron chi connectivity index (χ4n) is 2.43. The third-order valence-corrected chi connectivity index (χ3v) is 5.48. The van der Waals surface area contributed by atoms with Crippen molar-refractivity contribution in [2.75, 3.05) is 20.1 Å². The quantitative estimate of drug-likeness (QED) is 0.454. The number of primary amides is 1. The van der Waals surface area contributed by atoms with Gasteiger partial charge in [-0.05, 0) is 12.0 Å². The van der Waals surface area contributed by atoms with Gasteiger partial charge in [0.25, 0.3) is 0 Å². The van der Waals surface area contributed by atoms with E-state index < -0.39 is 40.3 Å². The van der Waals surface area contributed by atoms with E-state index >= 15 is 0 Å². The second kappa shape index (κ2) is 10.6. The normalized spacial score (nSPS) is 12.4. The number of rotatable bonds is 11. The SMILES string of the molecule is CCCN(CC(=O)N[C@@H](CC(N)=O)C(=O)NC)S(=O)(=O)Cc1ccccc1. The molecule has 0 fully saturated rings.